The largest absolute Gasteiger partial charge is 0.248 e. The molecule has 0 heterocycles. The molecule has 0 saturated heterocycles. The Balaban J connectivity index is 2.04. The topological polar surface area (TPSA) is 0 Å². The number of halogens is 5. The van der Waals surface area contributed by atoms with E-state index in [-0.39, 0.29) is 30.7 Å². The van der Waals surface area contributed by atoms with E-state index in [9.17, 15) is 17.6 Å². The molecule has 0 bridgehead atoms. The Morgan fingerprint density at radius 2 is 2.06 bits per heavy atom. The van der Waals surface area contributed by atoms with E-state index in [0.29, 0.717) is 6.42 Å². The van der Waals surface area contributed by atoms with Crippen LogP contribution in [0.15, 0.2) is 18.2 Å². The lowest BCUT2D eigenvalue weighted by Crippen LogP contribution is -2.18. The van der Waals surface area contributed by atoms with Crippen molar-refractivity contribution in [1.82, 2.24) is 0 Å². The van der Waals surface area contributed by atoms with E-state index in [1.807, 2.05) is 0 Å². The van der Waals surface area contributed by atoms with Crippen LogP contribution in [0.5, 0.6) is 0 Å². The van der Waals surface area contributed by atoms with Crippen LogP contribution in [0, 0.1) is 17.6 Å². The van der Waals surface area contributed by atoms with Crippen molar-refractivity contribution < 1.29 is 17.6 Å². The minimum atomic E-state index is -2.67. The molecule has 2 rings (SSSR count). The van der Waals surface area contributed by atoms with E-state index < -0.39 is 22.9 Å². The summed E-state index contributed by atoms with van der Waals surface area (Å²) >= 11 is 6.05. The highest BCUT2D eigenvalue weighted by Gasteiger charge is 2.42. The van der Waals surface area contributed by atoms with E-state index in [0.717, 1.165) is 6.07 Å². The van der Waals surface area contributed by atoms with E-state index in [1.165, 1.54) is 12.1 Å². The Morgan fingerprint density at radius 1 is 1.33 bits per heavy atom. The molecule has 18 heavy (non-hydrogen) atoms. The lowest BCUT2D eigenvalue weighted by molar-refractivity contribution is 0.00487. The van der Waals surface area contributed by atoms with Gasteiger partial charge >= 0.3 is 0 Å². The third-order valence-corrected chi connectivity index (χ3v) is 3.91. The Hall–Kier alpha value is -0.770. The first-order valence-electron chi connectivity index (χ1n) is 5.84. The van der Waals surface area contributed by atoms with E-state index in [1.54, 1.807) is 0 Å². The molecule has 0 radical (unpaired) electrons. The molecule has 1 aliphatic rings. The van der Waals surface area contributed by atoms with Crippen molar-refractivity contribution in [1.29, 1.82) is 0 Å². The van der Waals surface area contributed by atoms with Gasteiger partial charge in [-0.05, 0) is 30.4 Å². The number of rotatable bonds is 3. The molecule has 1 aliphatic carbocycles. The Bertz CT molecular complexity index is 433. The minimum absolute atomic E-state index is 0.0753. The molecule has 1 aromatic carbocycles. The Kier molecular flexibility index (Phi) is 3.85. The van der Waals surface area contributed by atoms with Gasteiger partial charge in [-0.15, -0.1) is 11.6 Å². The highest BCUT2D eigenvalue weighted by Crippen LogP contribution is 2.42. The summed E-state index contributed by atoms with van der Waals surface area (Å²) in [5.74, 6) is -4.89. The minimum Gasteiger partial charge on any atom is -0.207 e. The molecule has 0 aliphatic heterocycles. The molecule has 2 unspecified atom stereocenters. The maximum atomic E-state index is 13.4. The van der Waals surface area contributed by atoms with Crippen LogP contribution >= 0.6 is 11.6 Å². The van der Waals surface area contributed by atoms with Gasteiger partial charge in [-0.1, -0.05) is 12.1 Å². The summed E-state index contributed by atoms with van der Waals surface area (Å²) in [4.78, 5) is 0. The lowest BCUT2D eigenvalue weighted by atomic mass is 9.97. The molecule has 0 aromatic heterocycles. The van der Waals surface area contributed by atoms with Gasteiger partial charge in [0, 0.05) is 18.2 Å². The maximum absolute atomic E-state index is 13.4. The van der Waals surface area contributed by atoms with Crippen LogP contribution in [0.4, 0.5) is 17.6 Å². The third-order valence-electron chi connectivity index (χ3n) is 3.40. The molecule has 1 saturated carbocycles. The predicted octanol–water partition coefficient (Wildman–Crippen LogP) is 4.55. The van der Waals surface area contributed by atoms with Crippen LogP contribution in [-0.4, -0.2) is 11.3 Å². The standard InChI is InChI=1S/C13H13ClF4/c14-10(9-4-5-13(17,18)7-9)6-8-2-1-3-11(15)12(8)16/h1-3,9-10H,4-7H2. The van der Waals surface area contributed by atoms with Crippen LogP contribution in [0.1, 0.15) is 24.8 Å². The van der Waals surface area contributed by atoms with Crippen LogP contribution in [0.3, 0.4) is 0 Å². The average molecular weight is 281 g/mol. The zero-order valence-corrected chi connectivity index (χ0v) is 10.4. The second-order valence-corrected chi connectivity index (χ2v) is 5.35. The summed E-state index contributed by atoms with van der Waals surface area (Å²) in [7, 11) is 0. The molecule has 0 nitrogen and oxygen atoms in total. The molecule has 0 spiro atoms. The van der Waals surface area contributed by atoms with Crippen LogP contribution in [0.2, 0.25) is 0 Å². The predicted molar refractivity (Wildman–Crippen MR) is 62.0 cm³/mol. The molecule has 1 aromatic rings. The van der Waals surface area contributed by atoms with Gasteiger partial charge < -0.3 is 0 Å². The summed E-state index contributed by atoms with van der Waals surface area (Å²) in [6.07, 6.45) is -0.0331. The molecule has 5 heteroatoms. The van der Waals surface area contributed by atoms with Gasteiger partial charge in [-0.2, -0.15) is 0 Å². The zero-order chi connectivity index (χ0) is 13.3. The molecule has 100 valence electrons. The van der Waals surface area contributed by atoms with Crippen molar-refractivity contribution in [3.05, 3.63) is 35.4 Å². The van der Waals surface area contributed by atoms with Gasteiger partial charge in [0.2, 0.25) is 5.92 Å². The monoisotopic (exact) mass is 280 g/mol. The molecule has 0 N–H and O–H groups in total. The van der Waals surface area contributed by atoms with Gasteiger partial charge in [0.1, 0.15) is 0 Å². The number of benzene rings is 1. The first-order valence-corrected chi connectivity index (χ1v) is 6.27. The molecule has 2 atom stereocenters. The zero-order valence-electron chi connectivity index (χ0n) is 9.61. The van der Waals surface area contributed by atoms with E-state index >= 15 is 0 Å². The van der Waals surface area contributed by atoms with Crippen molar-refractivity contribution >= 4 is 11.6 Å². The smallest absolute Gasteiger partial charge is 0.207 e. The number of alkyl halides is 3. The lowest BCUT2D eigenvalue weighted by Gasteiger charge is -2.17. The van der Waals surface area contributed by atoms with Crippen molar-refractivity contribution in [2.45, 2.75) is 37.0 Å². The van der Waals surface area contributed by atoms with Gasteiger partial charge in [0.25, 0.3) is 0 Å². The Morgan fingerprint density at radius 3 is 2.67 bits per heavy atom. The normalized spacial score (nSPS) is 24.2. The van der Waals surface area contributed by atoms with Gasteiger partial charge in [-0.25, -0.2) is 17.6 Å². The van der Waals surface area contributed by atoms with Gasteiger partial charge in [-0.3, -0.25) is 0 Å². The quantitative estimate of drug-likeness (QED) is 0.563. The SMILES string of the molecule is Fc1cccc(CC(Cl)C2CCC(F)(F)C2)c1F. The molecule has 0 amide bonds. The van der Waals surface area contributed by atoms with E-state index in [4.69, 9.17) is 11.6 Å². The molecular weight excluding hydrogens is 268 g/mol. The van der Waals surface area contributed by atoms with Gasteiger partial charge in [0.15, 0.2) is 11.6 Å². The highest BCUT2D eigenvalue weighted by atomic mass is 35.5. The van der Waals surface area contributed by atoms with Crippen LogP contribution in [0.25, 0.3) is 0 Å². The summed E-state index contributed by atoms with van der Waals surface area (Å²) in [6, 6.07) is 3.84. The molecular formula is C13H13ClF4. The van der Waals surface area contributed by atoms with Crippen LogP contribution in [-0.2, 0) is 6.42 Å². The number of hydrogen-bond donors (Lipinski definition) is 0. The maximum Gasteiger partial charge on any atom is 0.248 e. The first-order chi connectivity index (χ1) is 8.39. The van der Waals surface area contributed by atoms with Gasteiger partial charge in [0.05, 0.1) is 0 Å². The van der Waals surface area contributed by atoms with Crippen molar-refractivity contribution in [3.8, 4) is 0 Å². The van der Waals surface area contributed by atoms with Crippen LogP contribution < -0.4 is 0 Å². The van der Waals surface area contributed by atoms with E-state index in [2.05, 4.69) is 0 Å². The fourth-order valence-corrected chi connectivity index (χ4v) is 2.76. The van der Waals surface area contributed by atoms with Crippen molar-refractivity contribution in [2.24, 2.45) is 5.92 Å². The summed E-state index contributed by atoms with van der Waals surface area (Å²) in [5, 5.41) is -0.588. The third kappa shape index (κ3) is 2.97. The summed E-state index contributed by atoms with van der Waals surface area (Å²) < 4.78 is 52.5. The van der Waals surface area contributed by atoms with Crippen molar-refractivity contribution in [2.75, 3.05) is 0 Å². The Labute approximate surface area is 108 Å². The summed E-state index contributed by atoms with van der Waals surface area (Å²) in [6.45, 7) is 0. The number of hydrogen-bond acceptors (Lipinski definition) is 0. The molecule has 1 fully saturated rings. The summed E-state index contributed by atoms with van der Waals surface area (Å²) in [5.41, 5.74) is 0.144. The average Bonchev–Trinajstić information content (AvgIpc) is 2.65. The second kappa shape index (κ2) is 5.08. The fraction of sp³-hybridized carbons (Fsp3) is 0.538. The fourth-order valence-electron chi connectivity index (χ4n) is 2.38. The first kappa shape index (κ1) is 13.7. The highest BCUT2D eigenvalue weighted by molar-refractivity contribution is 6.20. The van der Waals surface area contributed by atoms with Crippen molar-refractivity contribution in [3.63, 3.8) is 0 Å². The second-order valence-electron chi connectivity index (χ2n) is 4.79.